The topological polar surface area (TPSA) is 49.8 Å². The average molecular weight is 271 g/mol. The fourth-order valence-electron chi connectivity index (χ4n) is 2.87. The van der Waals surface area contributed by atoms with Gasteiger partial charge in [0.15, 0.2) is 0 Å². The molecule has 0 aromatic heterocycles. The maximum absolute atomic E-state index is 11.8. The third-order valence-corrected chi connectivity index (χ3v) is 4.50. The Morgan fingerprint density at radius 2 is 2.00 bits per heavy atom. The van der Waals surface area contributed by atoms with Crippen LogP contribution in [0.15, 0.2) is 0 Å². The van der Waals surface area contributed by atoms with Gasteiger partial charge in [0.2, 0.25) is 0 Å². The SMILES string of the molecule is COCCN(CC1(C(=O)O)CCC(C)CC1)C(C)C. The van der Waals surface area contributed by atoms with Gasteiger partial charge >= 0.3 is 5.97 Å². The molecule has 0 aliphatic heterocycles. The van der Waals surface area contributed by atoms with Crippen LogP contribution in [-0.4, -0.2) is 48.8 Å². The van der Waals surface area contributed by atoms with Crippen molar-refractivity contribution in [3.05, 3.63) is 0 Å². The molecule has 1 saturated carbocycles. The summed E-state index contributed by atoms with van der Waals surface area (Å²) in [5, 5.41) is 9.67. The van der Waals surface area contributed by atoms with E-state index in [9.17, 15) is 9.90 Å². The first-order chi connectivity index (χ1) is 8.91. The van der Waals surface area contributed by atoms with Crippen LogP contribution in [-0.2, 0) is 9.53 Å². The molecular weight excluding hydrogens is 242 g/mol. The van der Waals surface area contributed by atoms with E-state index in [0.29, 0.717) is 25.1 Å². The van der Waals surface area contributed by atoms with Crippen molar-refractivity contribution in [1.82, 2.24) is 4.90 Å². The van der Waals surface area contributed by atoms with Gasteiger partial charge in [-0.1, -0.05) is 6.92 Å². The molecule has 0 amide bonds. The number of hydrogen-bond donors (Lipinski definition) is 1. The molecule has 0 unspecified atom stereocenters. The molecule has 0 heterocycles. The van der Waals surface area contributed by atoms with Crippen molar-refractivity contribution >= 4 is 5.97 Å². The van der Waals surface area contributed by atoms with E-state index in [2.05, 4.69) is 25.7 Å². The summed E-state index contributed by atoms with van der Waals surface area (Å²) in [6.45, 7) is 8.57. The average Bonchev–Trinajstić information content (AvgIpc) is 2.36. The highest BCUT2D eigenvalue weighted by Crippen LogP contribution is 2.40. The minimum Gasteiger partial charge on any atom is -0.481 e. The summed E-state index contributed by atoms with van der Waals surface area (Å²) in [7, 11) is 1.69. The van der Waals surface area contributed by atoms with Crippen molar-refractivity contribution in [2.45, 2.75) is 52.5 Å². The van der Waals surface area contributed by atoms with E-state index in [1.807, 2.05) is 0 Å². The molecular formula is C15H29NO3. The summed E-state index contributed by atoms with van der Waals surface area (Å²) >= 11 is 0. The van der Waals surface area contributed by atoms with Gasteiger partial charge in [-0.2, -0.15) is 0 Å². The molecule has 1 rings (SSSR count). The molecule has 0 atom stereocenters. The maximum atomic E-state index is 11.8. The molecule has 1 aliphatic carbocycles. The first-order valence-corrected chi connectivity index (χ1v) is 7.37. The largest absolute Gasteiger partial charge is 0.481 e. The molecule has 0 aromatic carbocycles. The van der Waals surface area contributed by atoms with Crippen LogP contribution >= 0.6 is 0 Å². The number of hydrogen-bond acceptors (Lipinski definition) is 3. The summed E-state index contributed by atoms with van der Waals surface area (Å²) in [4.78, 5) is 14.0. The number of carboxylic acid groups (broad SMARTS) is 1. The van der Waals surface area contributed by atoms with E-state index >= 15 is 0 Å². The van der Waals surface area contributed by atoms with Gasteiger partial charge in [0, 0.05) is 26.2 Å². The van der Waals surface area contributed by atoms with E-state index in [1.165, 1.54) is 0 Å². The van der Waals surface area contributed by atoms with Crippen molar-refractivity contribution in [1.29, 1.82) is 0 Å². The van der Waals surface area contributed by atoms with Gasteiger partial charge in [0.25, 0.3) is 0 Å². The zero-order chi connectivity index (χ0) is 14.5. The molecule has 112 valence electrons. The molecule has 0 aromatic rings. The smallest absolute Gasteiger partial charge is 0.310 e. The Bertz CT molecular complexity index is 283. The zero-order valence-electron chi connectivity index (χ0n) is 12.8. The van der Waals surface area contributed by atoms with Gasteiger partial charge in [-0.25, -0.2) is 0 Å². The second-order valence-electron chi connectivity index (χ2n) is 6.33. The lowest BCUT2D eigenvalue weighted by Gasteiger charge is -2.40. The minimum atomic E-state index is -0.623. The van der Waals surface area contributed by atoms with Crippen LogP contribution in [0.1, 0.15) is 46.5 Å². The zero-order valence-corrected chi connectivity index (χ0v) is 12.8. The van der Waals surface area contributed by atoms with Crippen LogP contribution < -0.4 is 0 Å². The number of carboxylic acids is 1. The van der Waals surface area contributed by atoms with E-state index in [0.717, 1.165) is 32.2 Å². The minimum absolute atomic E-state index is 0.353. The Morgan fingerprint density at radius 1 is 1.42 bits per heavy atom. The van der Waals surface area contributed by atoms with Gasteiger partial charge in [0.1, 0.15) is 0 Å². The molecule has 0 spiro atoms. The first kappa shape index (κ1) is 16.4. The Balaban J connectivity index is 2.73. The Kier molecular flexibility index (Phi) is 6.27. The predicted molar refractivity (Wildman–Crippen MR) is 76.3 cm³/mol. The number of rotatable bonds is 7. The lowest BCUT2D eigenvalue weighted by molar-refractivity contribution is -0.153. The summed E-state index contributed by atoms with van der Waals surface area (Å²) in [5.74, 6) is 0.0430. The summed E-state index contributed by atoms with van der Waals surface area (Å²) < 4.78 is 5.13. The predicted octanol–water partition coefficient (Wildman–Crippen LogP) is 2.62. The number of aliphatic carboxylic acids is 1. The maximum Gasteiger partial charge on any atom is 0.310 e. The second-order valence-corrected chi connectivity index (χ2v) is 6.33. The molecule has 1 fully saturated rings. The molecule has 1 N–H and O–H groups in total. The monoisotopic (exact) mass is 271 g/mol. The van der Waals surface area contributed by atoms with Gasteiger partial charge < -0.3 is 9.84 Å². The highest BCUT2D eigenvalue weighted by molar-refractivity contribution is 5.75. The van der Waals surface area contributed by atoms with Crippen LogP contribution in [0.4, 0.5) is 0 Å². The summed E-state index contributed by atoms with van der Waals surface area (Å²) in [6.07, 6.45) is 3.67. The third kappa shape index (κ3) is 4.46. The van der Waals surface area contributed by atoms with Gasteiger partial charge in [-0.05, 0) is 45.4 Å². The molecule has 19 heavy (non-hydrogen) atoms. The normalized spacial score (nSPS) is 28.0. The first-order valence-electron chi connectivity index (χ1n) is 7.37. The van der Waals surface area contributed by atoms with Crippen LogP contribution in [0.5, 0.6) is 0 Å². The van der Waals surface area contributed by atoms with Crippen molar-refractivity contribution < 1.29 is 14.6 Å². The van der Waals surface area contributed by atoms with Gasteiger partial charge in [-0.15, -0.1) is 0 Å². The summed E-state index contributed by atoms with van der Waals surface area (Å²) in [5.41, 5.74) is -0.551. The van der Waals surface area contributed by atoms with E-state index in [1.54, 1.807) is 7.11 Å². The Morgan fingerprint density at radius 3 is 2.42 bits per heavy atom. The fourth-order valence-corrected chi connectivity index (χ4v) is 2.87. The lowest BCUT2D eigenvalue weighted by Crippen LogP contribution is -2.48. The third-order valence-electron chi connectivity index (χ3n) is 4.50. The second kappa shape index (κ2) is 7.25. The van der Waals surface area contributed by atoms with Gasteiger partial charge in [-0.3, -0.25) is 9.69 Å². The van der Waals surface area contributed by atoms with E-state index in [4.69, 9.17) is 4.74 Å². The molecule has 0 saturated heterocycles. The van der Waals surface area contributed by atoms with Crippen LogP contribution in [0.2, 0.25) is 0 Å². The van der Waals surface area contributed by atoms with E-state index in [-0.39, 0.29) is 0 Å². The fraction of sp³-hybridized carbons (Fsp3) is 0.933. The van der Waals surface area contributed by atoms with Gasteiger partial charge in [0.05, 0.1) is 12.0 Å². The number of methoxy groups -OCH3 is 1. The van der Waals surface area contributed by atoms with Crippen molar-refractivity contribution in [3.63, 3.8) is 0 Å². The number of ether oxygens (including phenoxy) is 1. The lowest BCUT2D eigenvalue weighted by atomic mass is 9.70. The van der Waals surface area contributed by atoms with Crippen molar-refractivity contribution in [3.8, 4) is 0 Å². The van der Waals surface area contributed by atoms with Crippen molar-refractivity contribution in [2.75, 3.05) is 26.8 Å². The van der Waals surface area contributed by atoms with Crippen LogP contribution in [0.3, 0.4) is 0 Å². The van der Waals surface area contributed by atoms with E-state index < -0.39 is 11.4 Å². The summed E-state index contributed by atoms with van der Waals surface area (Å²) in [6, 6.07) is 0.353. The standard InChI is InChI=1S/C15H29NO3/c1-12(2)16(9-10-19-4)11-15(14(17)18)7-5-13(3)6-8-15/h12-13H,5-11H2,1-4H3,(H,17,18). The molecule has 0 radical (unpaired) electrons. The molecule has 4 nitrogen and oxygen atoms in total. The molecule has 4 heteroatoms. The highest BCUT2D eigenvalue weighted by atomic mass is 16.5. The van der Waals surface area contributed by atoms with Crippen LogP contribution in [0, 0.1) is 11.3 Å². The van der Waals surface area contributed by atoms with Crippen molar-refractivity contribution in [2.24, 2.45) is 11.3 Å². The highest BCUT2D eigenvalue weighted by Gasteiger charge is 2.42. The van der Waals surface area contributed by atoms with Crippen LogP contribution in [0.25, 0.3) is 0 Å². The quantitative estimate of drug-likeness (QED) is 0.773. The number of nitrogens with zero attached hydrogens (tertiary/aromatic N) is 1. The number of carbonyl (C=O) groups is 1. The Labute approximate surface area is 117 Å². The molecule has 0 bridgehead atoms. The molecule has 1 aliphatic rings. The Hall–Kier alpha value is -0.610.